The number of aryl methyl sites for hydroxylation is 1. The second-order valence-corrected chi connectivity index (χ2v) is 7.10. The van der Waals surface area contributed by atoms with E-state index in [-0.39, 0.29) is 17.0 Å². The molecule has 4 rings (SSSR count). The number of rotatable bonds is 6. The summed E-state index contributed by atoms with van der Waals surface area (Å²) < 4.78 is 0. The number of nitrogens with one attached hydrogen (secondary N) is 3. The molecule has 136 valence electrons. The van der Waals surface area contributed by atoms with E-state index >= 15 is 0 Å². The summed E-state index contributed by atoms with van der Waals surface area (Å²) in [6.07, 6.45) is 1.46. The van der Waals surface area contributed by atoms with E-state index in [0.29, 0.717) is 6.54 Å². The predicted molar refractivity (Wildman–Crippen MR) is 107 cm³/mol. The average molecular weight is 378 g/mol. The summed E-state index contributed by atoms with van der Waals surface area (Å²) in [5.41, 5.74) is 2.41. The minimum atomic E-state index is -0.379. The molecule has 0 aliphatic carbocycles. The summed E-state index contributed by atoms with van der Waals surface area (Å²) in [4.78, 5) is 36.0. The van der Waals surface area contributed by atoms with Crippen LogP contribution in [-0.2, 0) is 6.42 Å². The van der Waals surface area contributed by atoms with Gasteiger partial charge in [0.1, 0.15) is 11.4 Å². The van der Waals surface area contributed by atoms with Gasteiger partial charge in [-0.1, -0.05) is 18.2 Å². The smallest absolute Gasteiger partial charge is 0.261 e. The molecule has 3 aromatic heterocycles. The third-order valence-electron chi connectivity index (χ3n) is 4.26. The lowest BCUT2D eigenvalue weighted by Crippen LogP contribution is -2.30. The van der Waals surface area contributed by atoms with E-state index in [9.17, 15) is 9.59 Å². The zero-order valence-electron chi connectivity index (χ0n) is 14.5. The second-order valence-electron chi connectivity index (χ2n) is 6.15. The van der Waals surface area contributed by atoms with Gasteiger partial charge in [-0.3, -0.25) is 9.59 Å². The van der Waals surface area contributed by atoms with Crippen molar-refractivity contribution >= 4 is 28.3 Å². The first-order valence-corrected chi connectivity index (χ1v) is 9.58. The number of aromatic amines is 2. The van der Waals surface area contributed by atoms with E-state index < -0.39 is 0 Å². The Labute approximate surface area is 159 Å². The maximum atomic E-state index is 12.3. The minimum absolute atomic E-state index is 0.124. The SMILES string of the molecule is O=C(NCCCc1nc2ccccc2[nH]1)c1ccc(-c2cccs2)[nH]c1=O. The van der Waals surface area contributed by atoms with Gasteiger partial charge in [0, 0.05) is 13.0 Å². The van der Waals surface area contributed by atoms with Crippen molar-refractivity contribution < 1.29 is 4.79 Å². The van der Waals surface area contributed by atoms with Crippen LogP contribution in [0.3, 0.4) is 0 Å². The van der Waals surface area contributed by atoms with E-state index in [1.165, 1.54) is 11.3 Å². The van der Waals surface area contributed by atoms with Gasteiger partial charge < -0.3 is 15.3 Å². The van der Waals surface area contributed by atoms with Gasteiger partial charge in [-0.05, 0) is 42.1 Å². The first-order valence-electron chi connectivity index (χ1n) is 8.70. The third kappa shape index (κ3) is 3.83. The Morgan fingerprint density at radius 2 is 1.96 bits per heavy atom. The number of hydrogen-bond donors (Lipinski definition) is 3. The summed E-state index contributed by atoms with van der Waals surface area (Å²) >= 11 is 1.54. The fourth-order valence-corrected chi connectivity index (χ4v) is 3.61. The molecule has 0 atom stereocenters. The largest absolute Gasteiger partial charge is 0.352 e. The molecule has 7 heteroatoms. The fourth-order valence-electron chi connectivity index (χ4n) is 2.91. The molecule has 0 aliphatic heterocycles. The van der Waals surface area contributed by atoms with Crippen molar-refractivity contribution in [2.24, 2.45) is 0 Å². The lowest BCUT2D eigenvalue weighted by Gasteiger charge is -2.05. The van der Waals surface area contributed by atoms with Crippen molar-refractivity contribution in [3.05, 3.63) is 75.7 Å². The van der Waals surface area contributed by atoms with Crippen LogP contribution in [0.15, 0.2) is 58.7 Å². The van der Waals surface area contributed by atoms with Crippen LogP contribution in [0, 0.1) is 0 Å². The molecule has 0 saturated heterocycles. The first kappa shape index (κ1) is 17.2. The minimum Gasteiger partial charge on any atom is -0.352 e. The Hall–Kier alpha value is -3.19. The molecule has 1 amide bonds. The molecule has 0 bridgehead atoms. The lowest BCUT2D eigenvalue weighted by molar-refractivity contribution is 0.0951. The van der Waals surface area contributed by atoms with Gasteiger partial charge in [-0.15, -0.1) is 11.3 Å². The van der Waals surface area contributed by atoms with Crippen molar-refractivity contribution in [1.29, 1.82) is 0 Å². The van der Waals surface area contributed by atoms with Crippen LogP contribution in [-0.4, -0.2) is 27.4 Å². The molecule has 27 heavy (non-hydrogen) atoms. The van der Waals surface area contributed by atoms with Gasteiger partial charge >= 0.3 is 0 Å². The quantitative estimate of drug-likeness (QED) is 0.450. The molecule has 0 unspecified atom stereocenters. The number of H-pyrrole nitrogens is 2. The summed E-state index contributed by atoms with van der Waals surface area (Å²) in [7, 11) is 0. The van der Waals surface area contributed by atoms with Crippen molar-refractivity contribution in [1.82, 2.24) is 20.3 Å². The molecule has 6 nitrogen and oxygen atoms in total. The lowest BCUT2D eigenvalue weighted by atomic mass is 10.2. The van der Waals surface area contributed by atoms with E-state index in [0.717, 1.165) is 40.3 Å². The predicted octanol–water partition coefficient (Wildman–Crippen LogP) is 3.34. The highest BCUT2D eigenvalue weighted by Crippen LogP contribution is 2.21. The monoisotopic (exact) mass is 378 g/mol. The van der Waals surface area contributed by atoms with Gasteiger partial charge in [0.25, 0.3) is 11.5 Å². The Morgan fingerprint density at radius 1 is 1.07 bits per heavy atom. The number of para-hydroxylation sites is 2. The fraction of sp³-hybridized carbons (Fsp3) is 0.150. The van der Waals surface area contributed by atoms with E-state index in [2.05, 4.69) is 20.3 Å². The highest BCUT2D eigenvalue weighted by molar-refractivity contribution is 7.13. The number of carbonyl (C=O) groups excluding carboxylic acids is 1. The van der Waals surface area contributed by atoms with Crippen molar-refractivity contribution in [2.75, 3.05) is 6.54 Å². The van der Waals surface area contributed by atoms with Gasteiger partial charge in [-0.2, -0.15) is 0 Å². The number of benzene rings is 1. The molecule has 0 fully saturated rings. The first-order chi connectivity index (χ1) is 13.2. The molecule has 0 spiro atoms. The van der Waals surface area contributed by atoms with Crippen LogP contribution in [0.1, 0.15) is 22.6 Å². The second kappa shape index (κ2) is 7.59. The number of carbonyl (C=O) groups is 1. The zero-order valence-corrected chi connectivity index (χ0v) is 15.3. The van der Waals surface area contributed by atoms with Crippen LogP contribution < -0.4 is 10.9 Å². The van der Waals surface area contributed by atoms with Crippen molar-refractivity contribution in [3.63, 3.8) is 0 Å². The van der Waals surface area contributed by atoms with Gasteiger partial charge in [0.15, 0.2) is 0 Å². The molecule has 4 aromatic rings. The number of fused-ring (bicyclic) bond motifs is 1. The van der Waals surface area contributed by atoms with Crippen LogP contribution in [0.25, 0.3) is 21.6 Å². The molecule has 3 N–H and O–H groups in total. The van der Waals surface area contributed by atoms with Crippen LogP contribution in [0.5, 0.6) is 0 Å². The van der Waals surface area contributed by atoms with Crippen LogP contribution in [0.2, 0.25) is 0 Å². The Bertz CT molecular complexity index is 1100. The Kier molecular flexibility index (Phi) is 4.84. The van der Waals surface area contributed by atoms with E-state index in [1.807, 2.05) is 41.8 Å². The number of hydrogen-bond acceptors (Lipinski definition) is 4. The number of aromatic nitrogens is 3. The molecule has 0 radical (unpaired) electrons. The summed E-state index contributed by atoms with van der Waals surface area (Å²) in [5, 5.41) is 4.74. The average Bonchev–Trinajstić information content (AvgIpc) is 3.34. The van der Waals surface area contributed by atoms with Gasteiger partial charge in [0.05, 0.1) is 21.6 Å². The Balaban J connectivity index is 1.33. The number of nitrogens with zero attached hydrogens (tertiary/aromatic N) is 1. The van der Waals surface area contributed by atoms with E-state index in [1.54, 1.807) is 12.1 Å². The molecular formula is C20H18N4O2S. The maximum absolute atomic E-state index is 12.3. The zero-order chi connectivity index (χ0) is 18.6. The summed E-state index contributed by atoms with van der Waals surface area (Å²) in [5.74, 6) is 0.530. The highest BCUT2D eigenvalue weighted by Gasteiger charge is 2.11. The van der Waals surface area contributed by atoms with Crippen molar-refractivity contribution in [3.8, 4) is 10.6 Å². The van der Waals surface area contributed by atoms with Crippen LogP contribution in [0.4, 0.5) is 0 Å². The summed E-state index contributed by atoms with van der Waals surface area (Å²) in [6, 6.07) is 15.0. The maximum Gasteiger partial charge on any atom is 0.261 e. The standard InChI is InChI=1S/C20H18N4O2S/c25-19(13-9-10-16(24-20(13)26)17-7-4-12-27-17)21-11-3-8-18-22-14-5-1-2-6-15(14)23-18/h1-2,4-7,9-10,12H,3,8,11H2,(H,21,25)(H,22,23)(H,24,26). The van der Waals surface area contributed by atoms with E-state index in [4.69, 9.17) is 0 Å². The van der Waals surface area contributed by atoms with Gasteiger partial charge in [-0.25, -0.2) is 4.98 Å². The third-order valence-corrected chi connectivity index (χ3v) is 5.16. The number of imidazole rings is 1. The molecular weight excluding hydrogens is 360 g/mol. The Morgan fingerprint density at radius 3 is 2.74 bits per heavy atom. The molecule has 1 aromatic carbocycles. The van der Waals surface area contributed by atoms with Crippen LogP contribution >= 0.6 is 11.3 Å². The highest BCUT2D eigenvalue weighted by atomic mass is 32.1. The normalized spacial score (nSPS) is 11.0. The molecule has 0 saturated carbocycles. The number of thiophene rings is 1. The number of amides is 1. The molecule has 3 heterocycles. The number of pyridine rings is 1. The van der Waals surface area contributed by atoms with Crippen molar-refractivity contribution in [2.45, 2.75) is 12.8 Å². The topological polar surface area (TPSA) is 90.6 Å². The van der Waals surface area contributed by atoms with Gasteiger partial charge in [0.2, 0.25) is 0 Å². The molecule has 0 aliphatic rings. The summed E-state index contributed by atoms with van der Waals surface area (Å²) in [6.45, 7) is 0.474.